The quantitative estimate of drug-likeness (QED) is 0.138. The SMILES string of the molecule is COc1ccc([N+](=O)[O-])cc1CSc1nc2ccc(N=Cc3cc([N+](=O)[O-])ccc3O)cc2s1. The first-order valence-electron chi connectivity index (χ1n) is 9.70. The number of non-ortho nitro benzene ring substituents is 2. The van der Waals surface area contributed by atoms with Crippen LogP contribution in [0.25, 0.3) is 10.2 Å². The molecular weight excluding hydrogens is 480 g/mol. The van der Waals surface area contributed by atoms with Crippen molar-refractivity contribution in [2.45, 2.75) is 10.1 Å². The van der Waals surface area contributed by atoms with Gasteiger partial charge in [-0.2, -0.15) is 0 Å². The number of fused-ring (bicyclic) bond motifs is 1. The second kappa shape index (κ2) is 9.85. The number of ether oxygens (including phenoxy) is 1. The molecule has 0 saturated heterocycles. The van der Waals surface area contributed by atoms with Gasteiger partial charge < -0.3 is 9.84 Å². The van der Waals surface area contributed by atoms with E-state index in [4.69, 9.17) is 4.74 Å². The number of nitrogens with zero attached hydrogens (tertiary/aromatic N) is 4. The molecule has 4 aromatic rings. The molecule has 12 heteroatoms. The summed E-state index contributed by atoms with van der Waals surface area (Å²) in [7, 11) is 1.52. The van der Waals surface area contributed by atoms with Gasteiger partial charge in [-0.3, -0.25) is 25.2 Å². The van der Waals surface area contributed by atoms with Crippen LogP contribution in [0, 0.1) is 20.2 Å². The molecule has 0 amide bonds. The van der Waals surface area contributed by atoms with Crippen LogP contribution in [0.4, 0.5) is 17.1 Å². The summed E-state index contributed by atoms with van der Waals surface area (Å²) in [4.78, 5) is 30.0. The molecule has 34 heavy (non-hydrogen) atoms. The lowest BCUT2D eigenvalue weighted by atomic mass is 10.2. The van der Waals surface area contributed by atoms with Crippen LogP contribution in [0.1, 0.15) is 11.1 Å². The van der Waals surface area contributed by atoms with Crippen LogP contribution in [0.5, 0.6) is 11.5 Å². The molecular formula is C22H16N4O6S2. The van der Waals surface area contributed by atoms with Crippen LogP contribution < -0.4 is 4.74 Å². The fraction of sp³-hybridized carbons (Fsp3) is 0.0909. The number of phenols is 1. The zero-order chi connectivity index (χ0) is 24.2. The van der Waals surface area contributed by atoms with Crippen molar-refractivity contribution in [1.29, 1.82) is 0 Å². The normalized spacial score (nSPS) is 11.2. The van der Waals surface area contributed by atoms with Gasteiger partial charge >= 0.3 is 0 Å². The number of phenolic OH excluding ortho intramolecular Hbond substituents is 1. The Bertz CT molecular complexity index is 1440. The third-order valence-corrected chi connectivity index (χ3v) is 6.96. The number of methoxy groups -OCH3 is 1. The maximum absolute atomic E-state index is 11.1. The lowest BCUT2D eigenvalue weighted by Gasteiger charge is -2.06. The minimum absolute atomic E-state index is 0.00186. The van der Waals surface area contributed by atoms with Gasteiger partial charge in [0.15, 0.2) is 4.34 Å². The van der Waals surface area contributed by atoms with Crippen molar-refractivity contribution in [2.24, 2.45) is 4.99 Å². The molecule has 1 aromatic heterocycles. The molecule has 0 atom stereocenters. The largest absolute Gasteiger partial charge is 0.507 e. The van der Waals surface area contributed by atoms with E-state index in [9.17, 15) is 25.3 Å². The molecule has 0 aliphatic carbocycles. The Balaban J connectivity index is 1.53. The van der Waals surface area contributed by atoms with E-state index >= 15 is 0 Å². The Morgan fingerprint density at radius 2 is 1.82 bits per heavy atom. The fourth-order valence-corrected chi connectivity index (χ4v) is 5.15. The van der Waals surface area contributed by atoms with Crippen molar-refractivity contribution < 1.29 is 19.7 Å². The maximum atomic E-state index is 11.1. The molecule has 3 aromatic carbocycles. The van der Waals surface area contributed by atoms with Crippen LogP contribution in [-0.2, 0) is 5.75 Å². The lowest BCUT2D eigenvalue weighted by Crippen LogP contribution is -1.94. The van der Waals surface area contributed by atoms with E-state index < -0.39 is 9.85 Å². The molecule has 10 nitrogen and oxygen atoms in total. The van der Waals surface area contributed by atoms with Gasteiger partial charge in [-0.25, -0.2) is 4.98 Å². The highest BCUT2D eigenvalue weighted by atomic mass is 32.2. The number of hydrogen-bond donors (Lipinski definition) is 1. The average Bonchev–Trinajstić information content (AvgIpc) is 3.24. The summed E-state index contributed by atoms with van der Waals surface area (Å²) in [5.41, 5.74) is 2.16. The van der Waals surface area contributed by atoms with Gasteiger partial charge in [0.2, 0.25) is 0 Å². The highest BCUT2D eigenvalue weighted by molar-refractivity contribution is 8.00. The van der Waals surface area contributed by atoms with Gasteiger partial charge in [0.1, 0.15) is 11.5 Å². The van der Waals surface area contributed by atoms with E-state index in [1.54, 1.807) is 12.1 Å². The Labute approximate surface area is 200 Å². The predicted molar refractivity (Wildman–Crippen MR) is 131 cm³/mol. The number of benzene rings is 3. The maximum Gasteiger partial charge on any atom is 0.270 e. The van der Waals surface area contributed by atoms with Crippen LogP contribution in [0.3, 0.4) is 0 Å². The molecule has 0 saturated carbocycles. The van der Waals surface area contributed by atoms with E-state index in [2.05, 4.69) is 9.98 Å². The highest BCUT2D eigenvalue weighted by Crippen LogP contribution is 2.36. The molecule has 1 heterocycles. The Morgan fingerprint density at radius 3 is 2.56 bits per heavy atom. The van der Waals surface area contributed by atoms with Crippen molar-refractivity contribution in [1.82, 2.24) is 4.98 Å². The number of nitro groups is 2. The molecule has 4 rings (SSSR count). The number of thioether (sulfide) groups is 1. The molecule has 0 radical (unpaired) electrons. The molecule has 0 bridgehead atoms. The number of aromatic hydroxyl groups is 1. The third-order valence-electron chi connectivity index (χ3n) is 4.75. The minimum Gasteiger partial charge on any atom is -0.507 e. The monoisotopic (exact) mass is 496 g/mol. The summed E-state index contributed by atoms with van der Waals surface area (Å²) in [5.74, 6) is 0.908. The van der Waals surface area contributed by atoms with Crippen molar-refractivity contribution >= 4 is 56.6 Å². The first kappa shape index (κ1) is 23.1. The number of aliphatic imine (C=N–C) groups is 1. The summed E-state index contributed by atoms with van der Waals surface area (Å²) in [6.45, 7) is 0. The molecule has 1 N–H and O–H groups in total. The van der Waals surface area contributed by atoms with Gasteiger partial charge in [-0.15, -0.1) is 11.3 Å². The molecule has 0 aliphatic heterocycles. The average molecular weight is 497 g/mol. The number of nitro benzene ring substituents is 2. The predicted octanol–water partition coefficient (Wildman–Crippen LogP) is 5.87. The standard InChI is InChI=1S/C22H16N4O6S2/c1-32-20-7-4-17(26(30)31)9-14(20)12-33-22-24-18-5-2-15(10-21(18)34-22)23-11-13-8-16(25(28)29)3-6-19(13)27/h2-11,27H,12H2,1H3. The van der Waals surface area contributed by atoms with Crippen LogP contribution in [-0.4, -0.2) is 33.3 Å². The number of rotatable bonds is 8. The van der Waals surface area contributed by atoms with Crippen molar-refractivity contribution in [3.05, 3.63) is 86.0 Å². The van der Waals surface area contributed by atoms with Gasteiger partial charge in [-0.1, -0.05) is 11.8 Å². The Hall–Kier alpha value is -4.03. The number of hydrogen-bond acceptors (Lipinski definition) is 10. The lowest BCUT2D eigenvalue weighted by molar-refractivity contribution is -0.385. The molecule has 0 spiro atoms. The highest BCUT2D eigenvalue weighted by Gasteiger charge is 2.13. The van der Waals surface area contributed by atoms with E-state index in [0.29, 0.717) is 22.8 Å². The van der Waals surface area contributed by atoms with E-state index in [-0.39, 0.29) is 22.7 Å². The van der Waals surface area contributed by atoms with Gasteiger partial charge in [-0.05, 0) is 30.3 Å². The Kier molecular flexibility index (Phi) is 6.70. The second-order valence-corrected chi connectivity index (χ2v) is 9.19. The summed E-state index contributed by atoms with van der Waals surface area (Å²) >= 11 is 2.89. The van der Waals surface area contributed by atoms with Gasteiger partial charge in [0.05, 0.1) is 32.9 Å². The summed E-state index contributed by atoms with van der Waals surface area (Å²) in [5, 5.41) is 32.0. The molecule has 0 unspecified atom stereocenters. The zero-order valence-electron chi connectivity index (χ0n) is 17.6. The van der Waals surface area contributed by atoms with E-state index in [0.717, 1.165) is 14.6 Å². The van der Waals surface area contributed by atoms with E-state index in [1.807, 2.05) is 12.1 Å². The zero-order valence-corrected chi connectivity index (χ0v) is 19.2. The first-order valence-corrected chi connectivity index (χ1v) is 11.5. The second-order valence-electron chi connectivity index (χ2n) is 6.93. The summed E-state index contributed by atoms with van der Waals surface area (Å²) in [6, 6.07) is 13.6. The third kappa shape index (κ3) is 5.13. The minimum atomic E-state index is -0.539. The van der Waals surface area contributed by atoms with Gasteiger partial charge in [0, 0.05) is 47.4 Å². The summed E-state index contributed by atoms with van der Waals surface area (Å²) < 4.78 is 6.97. The number of thiazole rings is 1. The van der Waals surface area contributed by atoms with Crippen molar-refractivity contribution in [3.63, 3.8) is 0 Å². The van der Waals surface area contributed by atoms with Crippen molar-refractivity contribution in [3.8, 4) is 11.5 Å². The smallest absolute Gasteiger partial charge is 0.270 e. The number of aromatic nitrogens is 1. The Morgan fingerprint density at radius 1 is 1.09 bits per heavy atom. The van der Waals surface area contributed by atoms with Crippen LogP contribution in [0.2, 0.25) is 0 Å². The molecule has 0 fully saturated rings. The van der Waals surface area contributed by atoms with Crippen molar-refractivity contribution in [2.75, 3.05) is 7.11 Å². The topological polar surface area (TPSA) is 141 Å². The molecule has 0 aliphatic rings. The van der Waals surface area contributed by atoms with Crippen LogP contribution >= 0.6 is 23.1 Å². The first-order chi connectivity index (χ1) is 16.3. The summed E-state index contributed by atoms with van der Waals surface area (Å²) in [6.07, 6.45) is 1.37. The molecule has 172 valence electrons. The van der Waals surface area contributed by atoms with Gasteiger partial charge in [0.25, 0.3) is 11.4 Å². The van der Waals surface area contributed by atoms with Crippen LogP contribution in [0.15, 0.2) is 63.9 Å². The van der Waals surface area contributed by atoms with E-state index in [1.165, 1.54) is 66.8 Å². The fourth-order valence-electron chi connectivity index (χ4n) is 3.07.